The number of hydrogen-bond donors (Lipinski definition) is 0. The Morgan fingerprint density at radius 3 is 2.65 bits per heavy atom. The number of halogens is 1. The van der Waals surface area contributed by atoms with Gasteiger partial charge in [0, 0.05) is 12.0 Å². The van der Waals surface area contributed by atoms with E-state index in [1.807, 2.05) is 6.07 Å². The van der Waals surface area contributed by atoms with E-state index in [2.05, 4.69) is 14.9 Å². The van der Waals surface area contributed by atoms with Gasteiger partial charge in [-0.3, -0.25) is 0 Å². The molecule has 0 aromatic carbocycles. The number of aromatic nitrogens is 2. The fourth-order valence-corrected chi connectivity index (χ4v) is 2.98. The largest absolute Gasteiger partial charge is 0.377 e. The molecule has 0 N–H and O–H groups in total. The van der Waals surface area contributed by atoms with Gasteiger partial charge in [-0.25, -0.2) is 9.97 Å². The highest BCUT2D eigenvalue weighted by Gasteiger charge is 2.43. The summed E-state index contributed by atoms with van der Waals surface area (Å²) in [6.45, 7) is 1.63. The molecular weight excluding hydrogens is 238 g/mol. The molecule has 2 unspecified atom stereocenters. The van der Waals surface area contributed by atoms with Crippen molar-refractivity contribution in [3.8, 4) is 0 Å². The lowest BCUT2D eigenvalue weighted by Gasteiger charge is -2.53. The molecule has 17 heavy (non-hydrogen) atoms. The third-order valence-corrected chi connectivity index (χ3v) is 4.05. The van der Waals surface area contributed by atoms with Crippen molar-refractivity contribution >= 4 is 17.4 Å². The smallest absolute Gasteiger partial charge is 0.135 e. The molecule has 2 atom stereocenters. The molecule has 0 spiro atoms. The fraction of sp³-hybridized carbons (Fsp3) is 0.667. The zero-order valence-electron chi connectivity index (χ0n) is 9.47. The van der Waals surface area contributed by atoms with Crippen molar-refractivity contribution in [2.45, 2.75) is 37.3 Å². The van der Waals surface area contributed by atoms with E-state index in [-0.39, 0.29) is 0 Å². The first kappa shape index (κ1) is 10.1. The van der Waals surface area contributed by atoms with Crippen LogP contribution in [0.15, 0.2) is 6.07 Å². The third-order valence-electron chi connectivity index (χ3n) is 3.86. The Hall–Kier alpha value is -0.870. The van der Waals surface area contributed by atoms with Crippen molar-refractivity contribution in [3.63, 3.8) is 0 Å². The van der Waals surface area contributed by atoms with E-state index in [1.165, 1.54) is 19.3 Å². The molecule has 1 aliphatic carbocycles. The Morgan fingerprint density at radius 1 is 1.24 bits per heavy atom. The van der Waals surface area contributed by atoms with Gasteiger partial charge in [0.25, 0.3) is 0 Å². The second-order valence-corrected chi connectivity index (χ2v) is 5.56. The van der Waals surface area contributed by atoms with Crippen molar-refractivity contribution in [2.75, 3.05) is 18.1 Å². The first-order chi connectivity index (χ1) is 8.31. The quantitative estimate of drug-likeness (QED) is 0.754. The van der Waals surface area contributed by atoms with Crippen LogP contribution in [0.4, 0.5) is 5.82 Å². The number of hydrogen-bond acceptors (Lipinski definition) is 4. The van der Waals surface area contributed by atoms with Gasteiger partial charge in [-0.15, -0.1) is 0 Å². The lowest BCUT2D eigenvalue weighted by atomic mass is 9.91. The summed E-state index contributed by atoms with van der Waals surface area (Å²) in [6.07, 6.45) is 3.63. The van der Waals surface area contributed by atoms with E-state index in [9.17, 15) is 0 Å². The molecule has 2 aliphatic heterocycles. The molecule has 0 radical (unpaired) electrons. The number of ether oxygens (including phenoxy) is 1. The van der Waals surface area contributed by atoms with Gasteiger partial charge in [-0.2, -0.15) is 0 Å². The SMILES string of the molecule is Clc1cc(N2C3COCC2C3)nc(C2CC2)n1. The van der Waals surface area contributed by atoms with Crippen molar-refractivity contribution in [2.24, 2.45) is 0 Å². The predicted molar refractivity (Wildman–Crippen MR) is 64.5 cm³/mol. The summed E-state index contributed by atoms with van der Waals surface area (Å²) in [4.78, 5) is 11.4. The Bertz CT molecular complexity index is 449. The fourth-order valence-electron chi connectivity index (χ4n) is 2.79. The van der Waals surface area contributed by atoms with E-state index in [1.54, 1.807) is 0 Å². The summed E-state index contributed by atoms with van der Waals surface area (Å²) in [5.74, 6) is 2.47. The lowest BCUT2D eigenvalue weighted by Crippen LogP contribution is -2.64. The second-order valence-electron chi connectivity index (χ2n) is 5.17. The van der Waals surface area contributed by atoms with Gasteiger partial charge >= 0.3 is 0 Å². The van der Waals surface area contributed by atoms with Crippen LogP contribution in [0.25, 0.3) is 0 Å². The molecule has 1 saturated carbocycles. The Kier molecular flexibility index (Phi) is 2.11. The second kappa shape index (κ2) is 3.56. The maximum atomic E-state index is 6.09. The zero-order chi connectivity index (χ0) is 11.4. The minimum Gasteiger partial charge on any atom is -0.377 e. The minimum atomic E-state index is 0.492. The summed E-state index contributed by atoms with van der Waals surface area (Å²) in [6, 6.07) is 2.87. The van der Waals surface area contributed by atoms with Gasteiger partial charge in [-0.1, -0.05) is 11.6 Å². The van der Waals surface area contributed by atoms with Crippen LogP contribution < -0.4 is 4.90 Å². The van der Waals surface area contributed by atoms with Crippen molar-refractivity contribution in [3.05, 3.63) is 17.0 Å². The molecule has 1 aromatic rings. The van der Waals surface area contributed by atoms with E-state index in [0.717, 1.165) is 24.9 Å². The van der Waals surface area contributed by atoms with Crippen LogP contribution in [0.1, 0.15) is 31.0 Å². The van der Waals surface area contributed by atoms with Crippen LogP contribution in [0.2, 0.25) is 5.15 Å². The van der Waals surface area contributed by atoms with E-state index >= 15 is 0 Å². The van der Waals surface area contributed by atoms with Crippen LogP contribution in [-0.4, -0.2) is 35.3 Å². The van der Waals surface area contributed by atoms with Crippen LogP contribution in [0, 0.1) is 0 Å². The lowest BCUT2D eigenvalue weighted by molar-refractivity contribution is 0.00966. The van der Waals surface area contributed by atoms with Crippen molar-refractivity contribution < 1.29 is 4.74 Å². The molecule has 1 aromatic heterocycles. The first-order valence-corrected chi connectivity index (χ1v) is 6.59. The highest BCUT2D eigenvalue weighted by Crippen LogP contribution is 2.41. The molecule has 2 bridgehead atoms. The normalized spacial score (nSPS) is 31.2. The highest BCUT2D eigenvalue weighted by molar-refractivity contribution is 6.29. The standard InChI is InChI=1S/C12H14ClN3O/c13-10-4-11(15-12(14-10)7-1-2-7)16-8-3-9(16)6-17-5-8/h4,7-9H,1-3,5-6H2. The number of anilines is 1. The summed E-state index contributed by atoms with van der Waals surface area (Å²) < 4.78 is 5.49. The number of rotatable bonds is 2. The van der Waals surface area contributed by atoms with Gasteiger partial charge < -0.3 is 9.64 Å². The van der Waals surface area contributed by atoms with Gasteiger partial charge in [0.15, 0.2) is 0 Å². The van der Waals surface area contributed by atoms with Crippen LogP contribution in [-0.2, 0) is 4.74 Å². The molecule has 5 heteroatoms. The molecule has 2 saturated heterocycles. The number of nitrogens with zero attached hydrogens (tertiary/aromatic N) is 3. The van der Waals surface area contributed by atoms with E-state index < -0.39 is 0 Å². The van der Waals surface area contributed by atoms with E-state index in [0.29, 0.717) is 23.2 Å². The first-order valence-electron chi connectivity index (χ1n) is 6.22. The van der Waals surface area contributed by atoms with E-state index in [4.69, 9.17) is 16.3 Å². The molecular formula is C12H14ClN3O. The average Bonchev–Trinajstić information content (AvgIpc) is 3.12. The summed E-state index contributed by atoms with van der Waals surface area (Å²) in [5.41, 5.74) is 0. The summed E-state index contributed by atoms with van der Waals surface area (Å²) in [7, 11) is 0. The highest BCUT2D eigenvalue weighted by atomic mass is 35.5. The maximum absolute atomic E-state index is 6.09. The summed E-state index contributed by atoms with van der Waals surface area (Å²) in [5, 5.41) is 0.572. The molecule has 3 heterocycles. The van der Waals surface area contributed by atoms with Crippen LogP contribution in [0.3, 0.4) is 0 Å². The van der Waals surface area contributed by atoms with Crippen molar-refractivity contribution in [1.29, 1.82) is 0 Å². The van der Waals surface area contributed by atoms with Gasteiger partial charge in [0.1, 0.15) is 16.8 Å². The topological polar surface area (TPSA) is 38.2 Å². The molecule has 0 amide bonds. The van der Waals surface area contributed by atoms with Gasteiger partial charge in [0.2, 0.25) is 0 Å². The minimum absolute atomic E-state index is 0.492. The number of fused-ring (bicyclic) bond motifs is 2. The van der Waals surface area contributed by atoms with Gasteiger partial charge in [-0.05, 0) is 19.3 Å². The molecule has 3 fully saturated rings. The van der Waals surface area contributed by atoms with Crippen molar-refractivity contribution in [1.82, 2.24) is 9.97 Å². The molecule has 90 valence electrons. The van der Waals surface area contributed by atoms with Crippen LogP contribution in [0.5, 0.6) is 0 Å². The zero-order valence-corrected chi connectivity index (χ0v) is 10.2. The third kappa shape index (κ3) is 1.62. The average molecular weight is 252 g/mol. The predicted octanol–water partition coefficient (Wildman–Crippen LogP) is 1.98. The molecule has 4 rings (SSSR count). The summed E-state index contributed by atoms with van der Waals surface area (Å²) >= 11 is 6.09. The van der Waals surface area contributed by atoms with Gasteiger partial charge in [0.05, 0.1) is 25.3 Å². The molecule has 3 aliphatic rings. The Labute approximate surface area is 105 Å². The molecule has 4 nitrogen and oxygen atoms in total. The monoisotopic (exact) mass is 251 g/mol. The Balaban J connectivity index is 1.68. The van der Waals surface area contributed by atoms with Crippen LogP contribution >= 0.6 is 11.6 Å². The Morgan fingerprint density at radius 2 is 2.00 bits per heavy atom. The maximum Gasteiger partial charge on any atom is 0.135 e. The number of morpholine rings is 1.